The van der Waals surface area contributed by atoms with E-state index in [1.54, 1.807) is 0 Å². The van der Waals surface area contributed by atoms with E-state index in [1.165, 1.54) is 18.0 Å². The number of hydrogen-bond acceptors (Lipinski definition) is 5. The number of nitrogens with zero attached hydrogens (tertiary/aromatic N) is 2. The molecule has 7 heteroatoms. The van der Waals surface area contributed by atoms with E-state index in [0.29, 0.717) is 10.8 Å². The minimum Gasteiger partial charge on any atom is -0.351 e. The summed E-state index contributed by atoms with van der Waals surface area (Å²) in [6.07, 6.45) is 3.02. The van der Waals surface area contributed by atoms with Crippen LogP contribution in [0.1, 0.15) is 35.1 Å². The van der Waals surface area contributed by atoms with Crippen molar-refractivity contribution in [1.29, 1.82) is 0 Å². The zero-order valence-corrected chi connectivity index (χ0v) is 12.1. The Balaban J connectivity index is 0.00000162. The van der Waals surface area contributed by atoms with E-state index in [-0.39, 0.29) is 18.3 Å². The molecule has 2 N–H and O–H groups in total. The van der Waals surface area contributed by atoms with Crippen molar-refractivity contribution in [2.75, 3.05) is 19.6 Å². The minimum atomic E-state index is -0.0252. The van der Waals surface area contributed by atoms with Crippen LogP contribution in [0.4, 0.5) is 0 Å². The lowest BCUT2D eigenvalue weighted by Gasteiger charge is -2.08. The van der Waals surface area contributed by atoms with Crippen LogP contribution in [0.3, 0.4) is 0 Å². The van der Waals surface area contributed by atoms with Crippen LogP contribution in [-0.4, -0.2) is 35.1 Å². The van der Waals surface area contributed by atoms with Gasteiger partial charge in [-0.3, -0.25) is 4.79 Å². The third-order valence-electron chi connectivity index (χ3n) is 3.10. The lowest BCUT2D eigenvalue weighted by molar-refractivity contribution is 0.0954. The van der Waals surface area contributed by atoms with Crippen LogP contribution in [0.25, 0.3) is 0 Å². The smallest absolute Gasteiger partial charge is 0.264 e. The molecule has 1 atom stereocenters. The summed E-state index contributed by atoms with van der Waals surface area (Å²) in [6, 6.07) is 0. The van der Waals surface area contributed by atoms with Crippen LogP contribution >= 0.6 is 23.9 Å². The van der Waals surface area contributed by atoms with Crippen molar-refractivity contribution >= 4 is 29.8 Å². The monoisotopic (exact) mass is 290 g/mol. The Morgan fingerprint density at radius 1 is 1.61 bits per heavy atom. The van der Waals surface area contributed by atoms with Gasteiger partial charge in [0.25, 0.3) is 5.91 Å². The molecule has 5 nitrogen and oxygen atoms in total. The number of aromatic nitrogens is 2. The Hall–Kier alpha value is -0.720. The van der Waals surface area contributed by atoms with Crippen LogP contribution < -0.4 is 10.6 Å². The first kappa shape index (κ1) is 15.3. The van der Waals surface area contributed by atoms with Crippen molar-refractivity contribution in [1.82, 2.24) is 20.2 Å². The summed E-state index contributed by atoms with van der Waals surface area (Å²) in [5, 5.41) is 10.2. The molecule has 18 heavy (non-hydrogen) atoms. The highest BCUT2D eigenvalue weighted by molar-refractivity contribution is 7.08. The van der Waals surface area contributed by atoms with Crippen molar-refractivity contribution in [3.63, 3.8) is 0 Å². The highest BCUT2D eigenvalue weighted by Gasteiger charge is 2.17. The van der Waals surface area contributed by atoms with E-state index >= 15 is 0 Å². The number of carbonyl (C=O) groups is 1. The molecule has 2 rings (SSSR count). The number of hydrogen-bond donors (Lipinski definition) is 2. The largest absolute Gasteiger partial charge is 0.351 e. The molecule has 1 amide bonds. The second kappa shape index (κ2) is 7.66. The summed E-state index contributed by atoms with van der Waals surface area (Å²) in [5.74, 6) is 0.684. The maximum Gasteiger partial charge on any atom is 0.264 e. The predicted octanol–water partition coefficient (Wildman–Crippen LogP) is 1.25. The van der Waals surface area contributed by atoms with Gasteiger partial charge < -0.3 is 10.6 Å². The molecule has 102 valence electrons. The first-order chi connectivity index (χ1) is 8.31. The number of halogens is 1. The Bertz CT molecular complexity index is 379. The highest BCUT2D eigenvalue weighted by Crippen LogP contribution is 2.13. The lowest BCUT2D eigenvalue weighted by Crippen LogP contribution is -2.26. The van der Waals surface area contributed by atoms with Crippen LogP contribution in [0, 0.1) is 5.92 Å². The third-order valence-corrected chi connectivity index (χ3v) is 3.86. The van der Waals surface area contributed by atoms with E-state index in [9.17, 15) is 4.79 Å². The molecule has 1 aromatic rings. The lowest BCUT2D eigenvalue weighted by atomic mass is 10.1. The summed E-state index contributed by atoms with van der Waals surface area (Å²) in [4.78, 5) is 12.5. The molecule has 0 bridgehead atoms. The molecule has 0 spiro atoms. The molecule has 0 saturated carbocycles. The van der Waals surface area contributed by atoms with Crippen molar-refractivity contribution < 1.29 is 4.79 Å². The van der Waals surface area contributed by atoms with Crippen molar-refractivity contribution in [2.24, 2.45) is 5.92 Å². The maximum atomic E-state index is 11.9. The van der Waals surface area contributed by atoms with Gasteiger partial charge in [0.05, 0.1) is 5.69 Å². The van der Waals surface area contributed by atoms with Gasteiger partial charge in [-0.2, -0.15) is 0 Å². The van der Waals surface area contributed by atoms with E-state index in [0.717, 1.165) is 38.2 Å². The molecule has 1 unspecified atom stereocenters. The molecule has 1 aliphatic heterocycles. The van der Waals surface area contributed by atoms with Gasteiger partial charge in [-0.1, -0.05) is 11.4 Å². The molecule has 1 fully saturated rings. The normalized spacial score (nSPS) is 18.4. The van der Waals surface area contributed by atoms with Crippen molar-refractivity contribution in [3.8, 4) is 0 Å². The number of carbonyl (C=O) groups excluding carboxylic acids is 1. The van der Waals surface area contributed by atoms with Gasteiger partial charge in [0.1, 0.15) is 4.88 Å². The third kappa shape index (κ3) is 3.90. The highest BCUT2D eigenvalue weighted by atomic mass is 35.5. The fraction of sp³-hybridized carbons (Fsp3) is 0.727. The molecule has 0 aliphatic carbocycles. The number of nitrogens with one attached hydrogen (secondary N) is 2. The Labute approximate surface area is 117 Å². The zero-order valence-electron chi connectivity index (χ0n) is 10.4. The van der Waals surface area contributed by atoms with Gasteiger partial charge in [0.15, 0.2) is 0 Å². The molecule has 0 radical (unpaired) electrons. The fourth-order valence-electron chi connectivity index (χ4n) is 2.04. The minimum absolute atomic E-state index is 0. The van der Waals surface area contributed by atoms with Gasteiger partial charge >= 0.3 is 0 Å². The number of rotatable bonds is 5. The van der Waals surface area contributed by atoms with Gasteiger partial charge in [-0.05, 0) is 49.8 Å². The van der Waals surface area contributed by atoms with Crippen LogP contribution in [0.5, 0.6) is 0 Å². The van der Waals surface area contributed by atoms with Crippen LogP contribution in [0.15, 0.2) is 0 Å². The first-order valence-electron chi connectivity index (χ1n) is 6.11. The zero-order chi connectivity index (χ0) is 12.1. The Morgan fingerprint density at radius 2 is 2.44 bits per heavy atom. The van der Waals surface area contributed by atoms with Crippen molar-refractivity contribution in [3.05, 3.63) is 10.6 Å². The summed E-state index contributed by atoms with van der Waals surface area (Å²) >= 11 is 1.18. The standard InChI is InChI=1S/C11H18N4OS.ClH/c1-2-9-10(17-15-14-9)11(16)13-6-4-8-3-5-12-7-8;/h8,12H,2-7H2,1H3,(H,13,16);1H. The topological polar surface area (TPSA) is 66.9 Å². The second-order valence-electron chi connectivity index (χ2n) is 4.31. The van der Waals surface area contributed by atoms with E-state index < -0.39 is 0 Å². The summed E-state index contributed by atoms with van der Waals surface area (Å²) < 4.78 is 3.82. The SMILES string of the molecule is CCc1nnsc1C(=O)NCCC1CCNC1.Cl. The molecular formula is C11H19ClN4OS. The summed E-state index contributed by atoms with van der Waals surface area (Å²) in [7, 11) is 0. The summed E-state index contributed by atoms with van der Waals surface area (Å²) in [6.45, 7) is 4.92. The van der Waals surface area contributed by atoms with Gasteiger partial charge in [0, 0.05) is 6.54 Å². The fourth-order valence-corrected chi connectivity index (χ4v) is 2.71. The van der Waals surface area contributed by atoms with E-state index in [4.69, 9.17) is 0 Å². The van der Waals surface area contributed by atoms with Crippen LogP contribution in [-0.2, 0) is 6.42 Å². The maximum absolute atomic E-state index is 11.9. The number of aryl methyl sites for hydroxylation is 1. The quantitative estimate of drug-likeness (QED) is 0.856. The predicted molar refractivity (Wildman–Crippen MR) is 74.5 cm³/mol. The Kier molecular flexibility index (Phi) is 6.52. The average Bonchev–Trinajstić information content (AvgIpc) is 2.99. The second-order valence-corrected chi connectivity index (χ2v) is 5.06. The van der Waals surface area contributed by atoms with Crippen LogP contribution in [0.2, 0.25) is 0 Å². The molecule has 1 aliphatic rings. The average molecular weight is 291 g/mol. The van der Waals surface area contributed by atoms with Gasteiger partial charge in [-0.15, -0.1) is 17.5 Å². The first-order valence-corrected chi connectivity index (χ1v) is 6.88. The molecular weight excluding hydrogens is 272 g/mol. The molecule has 1 aromatic heterocycles. The van der Waals surface area contributed by atoms with Crippen molar-refractivity contribution in [2.45, 2.75) is 26.2 Å². The molecule has 0 aromatic carbocycles. The number of amides is 1. The van der Waals surface area contributed by atoms with E-state index in [2.05, 4.69) is 20.2 Å². The summed E-state index contributed by atoms with van der Waals surface area (Å²) in [5.41, 5.74) is 0.801. The van der Waals surface area contributed by atoms with E-state index in [1.807, 2.05) is 6.92 Å². The molecule has 1 saturated heterocycles. The van der Waals surface area contributed by atoms with Gasteiger partial charge in [0.2, 0.25) is 0 Å². The van der Waals surface area contributed by atoms with Gasteiger partial charge in [-0.25, -0.2) is 0 Å². The Morgan fingerprint density at radius 3 is 3.11 bits per heavy atom. The molecule has 2 heterocycles.